The molecule has 1 atom stereocenters. The standard InChI is InChI=1S/C20H14N2O4S/c23-17(21-13-7-2-1-3-8-13)11-16-18(24)22-19(27-16)14-10-12-6-4-5-9-15(12)26-20(14)25/h1-10,16H,11H2,(H,21,23)/t16-/m0/s1. The molecule has 0 fully saturated rings. The average molecular weight is 378 g/mol. The first kappa shape index (κ1) is 17.2. The minimum Gasteiger partial charge on any atom is -0.422 e. The molecule has 0 aliphatic carbocycles. The highest BCUT2D eigenvalue weighted by atomic mass is 32.2. The van der Waals surface area contributed by atoms with E-state index in [0.29, 0.717) is 11.3 Å². The maximum Gasteiger partial charge on any atom is 0.346 e. The molecule has 7 heteroatoms. The number of carbonyl (C=O) groups excluding carboxylic acids is 2. The molecular formula is C20H14N2O4S. The second kappa shape index (κ2) is 7.20. The summed E-state index contributed by atoms with van der Waals surface area (Å²) in [6, 6.07) is 17.8. The summed E-state index contributed by atoms with van der Waals surface area (Å²) in [5.41, 5.74) is 0.814. The van der Waals surface area contributed by atoms with E-state index in [1.807, 2.05) is 30.3 Å². The highest BCUT2D eigenvalue weighted by Crippen LogP contribution is 2.29. The van der Waals surface area contributed by atoms with Crippen molar-refractivity contribution in [3.05, 3.63) is 76.6 Å². The lowest BCUT2D eigenvalue weighted by atomic mass is 10.2. The van der Waals surface area contributed by atoms with E-state index in [1.54, 1.807) is 30.3 Å². The monoisotopic (exact) mass is 378 g/mol. The molecule has 6 nitrogen and oxygen atoms in total. The van der Waals surface area contributed by atoms with Crippen molar-refractivity contribution in [3.63, 3.8) is 0 Å². The molecule has 27 heavy (non-hydrogen) atoms. The lowest BCUT2D eigenvalue weighted by Gasteiger charge is -2.08. The fraction of sp³-hybridized carbons (Fsp3) is 0.100. The summed E-state index contributed by atoms with van der Waals surface area (Å²) in [6.45, 7) is 0. The number of benzene rings is 2. The molecule has 2 aromatic carbocycles. The molecule has 1 aromatic heterocycles. The maximum atomic E-state index is 12.2. The van der Waals surface area contributed by atoms with Gasteiger partial charge in [-0.05, 0) is 24.3 Å². The van der Waals surface area contributed by atoms with Crippen LogP contribution in [0.1, 0.15) is 12.0 Å². The Morgan fingerprint density at radius 3 is 2.63 bits per heavy atom. The van der Waals surface area contributed by atoms with E-state index in [0.717, 1.165) is 17.1 Å². The average Bonchev–Trinajstić information content (AvgIpc) is 3.02. The van der Waals surface area contributed by atoms with Crippen molar-refractivity contribution in [2.75, 3.05) is 5.32 Å². The number of anilines is 1. The van der Waals surface area contributed by atoms with Crippen molar-refractivity contribution in [1.29, 1.82) is 0 Å². The zero-order valence-corrected chi connectivity index (χ0v) is 14.9. The number of amides is 2. The molecule has 2 heterocycles. The quantitative estimate of drug-likeness (QED) is 0.704. The van der Waals surface area contributed by atoms with Crippen LogP contribution >= 0.6 is 11.8 Å². The Bertz CT molecular complexity index is 1120. The predicted octanol–water partition coefficient (Wildman–Crippen LogP) is 3.21. The largest absolute Gasteiger partial charge is 0.422 e. The molecule has 1 N–H and O–H groups in total. The SMILES string of the molecule is O=C(C[C@@H]1SC(c2cc3ccccc3oc2=O)=NC1=O)Nc1ccccc1. The first-order valence-electron chi connectivity index (χ1n) is 8.27. The Hall–Kier alpha value is -3.19. The zero-order chi connectivity index (χ0) is 18.8. The molecule has 0 bridgehead atoms. The van der Waals surface area contributed by atoms with E-state index in [4.69, 9.17) is 4.42 Å². The van der Waals surface area contributed by atoms with Crippen LogP contribution in [0.4, 0.5) is 5.69 Å². The van der Waals surface area contributed by atoms with Crippen LogP contribution in [0.15, 0.2) is 74.9 Å². The van der Waals surface area contributed by atoms with Crippen LogP contribution in [0.2, 0.25) is 0 Å². The Morgan fingerprint density at radius 1 is 1.07 bits per heavy atom. The van der Waals surface area contributed by atoms with E-state index < -0.39 is 16.8 Å². The molecule has 0 saturated carbocycles. The summed E-state index contributed by atoms with van der Waals surface area (Å²) in [5, 5.41) is 3.12. The van der Waals surface area contributed by atoms with Gasteiger partial charge in [0.25, 0.3) is 5.91 Å². The number of hydrogen-bond acceptors (Lipinski definition) is 5. The van der Waals surface area contributed by atoms with Crippen LogP contribution in [-0.2, 0) is 9.59 Å². The molecule has 0 spiro atoms. The van der Waals surface area contributed by atoms with Crippen LogP contribution in [0.25, 0.3) is 11.0 Å². The Balaban J connectivity index is 1.50. The second-order valence-electron chi connectivity index (χ2n) is 5.97. The predicted molar refractivity (Wildman–Crippen MR) is 105 cm³/mol. The smallest absolute Gasteiger partial charge is 0.346 e. The fourth-order valence-corrected chi connectivity index (χ4v) is 3.82. The van der Waals surface area contributed by atoms with E-state index in [-0.39, 0.29) is 22.9 Å². The minimum atomic E-state index is -0.658. The number of rotatable bonds is 4. The lowest BCUT2D eigenvalue weighted by molar-refractivity contribution is -0.121. The molecular weight excluding hydrogens is 364 g/mol. The Morgan fingerprint density at radius 2 is 1.81 bits per heavy atom. The van der Waals surface area contributed by atoms with Gasteiger partial charge >= 0.3 is 5.63 Å². The van der Waals surface area contributed by atoms with Crippen molar-refractivity contribution in [1.82, 2.24) is 0 Å². The van der Waals surface area contributed by atoms with Gasteiger partial charge in [-0.25, -0.2) is 9.79 Å². The number of carbonyl (C=O) groups is 2. The zero-order valence-electron chi connectivity index (χ0n) is 14.0. The van der Waals surface area contributed by atoms with Gasteiger partial charge in [-0.1, -0.05) is 48.2 Å². The van der Waals surface area contributed by atoms with Gasteiger partial charge < -0.3 is 9.73 Å². The van der Waals surface area contributed by atoms with Gasteiger partial charge in [-0.2, -0.15) is 0 Å². The molecule has 2 amide bonds. The van der Waals surface area contributed by atoms with Gasteiger partial charge in [0, 0.05) is 17.5 Å². The Labute approximate surface area is 158 Å². The molecule has 1 aliphatic heterocycles. The second-order valence-corrected chi connectivity index (χ2v) is 7.16. The third-order valence-corrected chi connectivity index (χ3v) is 5.23. The summed E-state index contributed by atoms with van der Waals surface area (Å²) in [7, 11) is 0. The van der Waals surface area contributed by atoms with Crippen LogP contribution < -0.4 is 10.9 Å². The molecule has 0 saturated heterocycles. The highest BCUT2D eigenvalue weighted by Gasteiger charge is 2.32. The van der Waals surface area contributed by atoms with Crippen LogP contribution in [0, 0.1) is 0 Å². The number of thioether (sulfide) groups is 1. The van der Waals surface area contributed by atoms with Gasteiger partial charge in [0.1, 0.15) is 15.9 Å². The van der Waals surface area contributed by atoms with Crippen molar-refractivity contribution in [2.45, 2.75) is 11.7 Å². The van der Waals surface area contributed by atoms with Crippen molar-refractivity contribution in [3.8, 4) is 0 Å². The lowest BCUT2D eigenvalue weighted by Crippen LogP contribution is -2.21. The summed E-state index contributed by atoms with van der Waals surface area (Å²) < 4.78 is 5.30. The highest BCUT2D eigenvalue weighted by molar-refractivity contribution is 8.16. The van der Waals surface area contributed by atoms with Crippen molar-refractivity contribution in [2.24, 2.45) is 4.99 Å². The van der Waals surface area contributed by atoms with Crippen LogP contribution in [0.3, 0.4) is 0 Å². The number of fused-ring (bicyclic) bond motifs is 1. The van der Waals surface area contributed by atoms with Gasteiger partial charge in [0.05, 0.1) is 5.56 Å². The Kier molecular flexibility index (Phi) is 4.60. The number of nitrogens with zero attached hydrogens (tertiary/aromatic N) is 1. The fourth-order valence-electron chi connectivity index (χ4n) is 2.75. The van der Waals surface area contributed by atoms with E-state index >= 15 is 0 Å². The third-order valence-electron chi connectivity index (χ3n) is 4.04. The molecule has 0 unspecified atom stereocenters. The van der Waals surface area contributed by atoms with Gasteiger partial charge in [-0.15, -0.1) is 0 Å². The third kappa shape index (κ3) is 3.68. The van der Waals surface area contributed by atoms with Gasteiger partial charge in [-0.3, -0.25) is 9.59 Å². The first-order valence-corrected chi connectivity index (χ1v) is 9.15. The van der Waals surface area contributed by atoms with Gasteiger partial charge in [0.15, 0.2) is 0 Å². The van der Waals surface area contributed by atoms with E-state index in [1.165, 1.54) is 0 Å². The van der Waals surface area contributed by atoms with E-state index in [2.05, 4.69) is 10.3 Å². The normalized spacial score (nSPS) is 16.4. The molecule has 134 valence electrons. The number of aliphatic imine (C=N–C) groups is 1. The molecule has 3 aromatic rings. The summed E-state index contributed by atoms with van der Waals surface area (Å²) >= 11 is 1.11. The van der Waals surface area contributed by atoms with Crippen LogP contribution in [-0.4, -0.2) is 22.1 Å². The number of para-hydroxylation sites is 2. The maximum absolute atomic E-state index is 12.2. The summed E-state index contributed by atoms with van der Waals surface area (Å²) in [5.74, 6) is -0.709. The molecule has 0 radical (unpaired) electrons. The van der Waals surface area contributed by atoms with Crippen LogP contribution in [0.5, 0.6) is 0 Å². The molecule has 1 aliphatic rings. The van der Waals surface area contributed by atoms with Crippen molar-refractivity contribution >= 4 is 45.3 Å². The summed E-state index contributed by atoms with van der Waals surface area (Å²) in [6.07, 6.45) is -0.0235. The summed E-state index contributed by atoms with van der Waals surface area (Å²) in [4.78, 5) is 40.6. The number of hydrogen-bond donors (Lipinski definition) is 1. The van der Waals surface area contributed by atoms with Gasteiger partial charge in [0.2, 0.25) is 5.91 Å². The van der Waals surface area contributed by atoms with E-state index in [9.17, 15) is 14.4 Å². The minimum absolute atomic E-state index is 0.0235. The first-order chi connectivity index (χ1) is 13.1. The number of nitrogens with one attached hydrogen (secondary N) is 1. The van der Waals surface area contributed by atoms with Crippen molar-refractivity contribution < 1.29 is 14.0 Å². The topological polar surface area (TPSA) is 88.7 Å². The molecule has 4 rings (SSSR count).